The number of nitrogen functional groups attached to an aromatic ring is 1. The van der Waals surface area contributed by atoms with Crippen molar-refractivity contribution in [3.8, 4) is 0 Å². The molecule has 0 atom stereocenters. The first-order valence-corrected chi connectivity index (χ1v) is 5.10. The van der Waals surface area contributed by atoms with E-state index in [-0.39, 0.29) is 11.2 Å². The molecule has 0 amide bonds. The predicted octanol–water partition coefficient (Wildman–Crippen LogP) is 1.53. The van der Waals surface area contributed by atoms with Gasteiger partial charge in [0.1, 0.15) is 5.69 Å². The monoisotopic (exact) mass is 235 g/mol. The van der Waals surface area contributed by atoms with Crippen LogP contribution in [0.15, 0.2) is 41.3 Å². The number of hydrogen-bond donors (Lipinski definition) is 1. The van der Waals surface area contributed by atoms with Crippen molar-refractivity contribution in [2.45, 2.75) is 6.54 Å². The van der Waals surface area contributed by atoms with Crippen molar-refractivity contribution >= 4 is 17.3 Å². The molecule has 0 saturated carbocycles. The zero-order chi connectivity index (χ0) is 11.5. The first-order chi connectivity index (χ1) is 7.66. The Morgan fingerprint density at radius 3 is 2.62 bits per heavy atom. The van der Waals surface area contributed by atoms with E-state index >= 15 is 0 Å². The highest BCUT2D eigenvalue weighted by Crippen LogP contribution is 2.09. The molecule has 0 aliphatic heterocycles. The van der Waals surface area contributed by atoms with Crippen LogP contribution < -0.4 is 11.3 Å². The highest BCUT2D eigenvalue weighted by molar-refractivity contribution is 6.30. The Kier molecular flexibility index (Phi) is 2.92. The van der Waals surface area contributed by atoms with E-state index in [0.29, 0.717) is 11.6 Å². The number of nitrogens with two attached hydrogens (primary N) is 1. The molecule has 1 heterocycles. The van der Waals surface area contributed by atoms with Crippen molar-refractivity contribution in [1.29, 1.82) is 0 Å². The second-order valence-electron chi connectivity index (χ2n) is 3.38. The minimum atomic E-state index is -0.280. The number of benzene rings is 1. The molecule has 82 valence electrons. The zero-order valence-corrected chi connectivity index (χ0v) is 9.19. The minimum absolute atomic E-state index is 0.198. The van der Waals surface area contributed by atoms with Crippen molar-refractivity contribution < 1.29 is 0 Å². The maximum atomic E-state index is 11.6. The summed E-state index contributed by atoms with van der Waals surface area (Å²) < 4.78 is 1.32. The average molecular weight is 236 g/mol. The Morgan fingerprint density at radius 2 is 1.94 bits per heavy atom. The summed E-state index contributed by atoms with van der Waals surface area (Å²) >= 11 is 5.77. The summed E-state index contributed by atoms with van der Waals surface area (Å²) in [6.07, 6.45) is 1.51. The number of halogens is 1. The lowest BCUT2D eigenvalue weighted by molar-refractivity contribution is 0.641. The van der Waals surface area contributed by atoms with Gasteiger partial charge in [0.05, 0.1) is 6.54 Å². The largest absolute Gasteiger partial charge is 0.394 e. The van der Waals surface area contributed by atoms with Gasteiger partial charge < -0.3 is 5.73 Å². The third-order valence-corrected chi connectivity index (χ3v) is 2.44. The van der Waals surface area contributed by atoms with Gasteiger partial charge in [-0.25, -0.2) is 4.68 Å². The highest BCUT2D eigenvalue weighted by atomic mass is 35.5. The Morgan fingerprint density at radius 1 is 1.25 bits per heavy atom. The first kappa shape index (κ1) is 10.7. The second kappa shape index (κ2) is 4.37. The van der Waals surface area contributed by atoms with Gasteiger partial charge in [0, 0.05) is 11.2 Å². The molecule has 2 aromatic rings. The predicted molar refractivity (Wildman–Crippen MR) is 63.5 cm³/mol. The molecule has 0 bridgehead atoms. The summed E-state index contributed by atoms with van der Waals surface area (Å²) in [6.45, 7) is 0.390. The first-order valence-electron chi connectivity index (χ1n) is 4.73. The van der Waals surface area contributed by atoms with Crippen LogP contribution in [0.4, 0.5) is 5.69 Å². The van der Waals surface area contributed by atoms with Crippen LogP contribution in [0.1, 0.15) is 5.56 Å². The van der Waals surface area contributed by atoms with Gasteiger partial charge in [-0.05, 0) is 23.8 Å². The number of anilines is 1. The summed E-state index contributed by atoms with van der Waals surface area (Å²) in [6, 6.07) is 8.72. The van der Waals surface area contributed by atoms with E-state index in [0.717, 1.165) is 5.56 Å². The maximum Gasteiger partial charge on any atom is 0.290 e. The fourth-order valence-corrected chi connectivity index (χ4v) is 1.47. The van der Waals surface area contributed by atoms with E-state index in [2.05, 4.69) is 5.10 Å². The average Bonchev–Trinajstić information content (AvgIpc) is 2.28. The summed E-state index contributed by atoms with van der Waals surface area (Å²) in [5.41, 5.74) is 6.37. The zero-order valence-electron chi connectivity index (χ0n) is 8.43. The number of rotatable bonds is 2. The lowest BCUT2D eigenvalue weighted by atomic mass is 10.2. The van der Waals surface area contributed by atoms with Crippen LogP contribution in [-0.4, -0.2) is 9.78 Å². The molecule has 0 aliphatic carbocycles. The molecule has 4 nitrogen and oxygen atoms in total. The fourth-order valence-electron chi connectivity index (χ4n) is 1.34. The molecule has 0 unspecified atom stereocenters. The van der Waals surface area contributed by atoms with Crippen molar-refractivity contribution in [2.75, 3.05) is 5.73 Å². The van der Waals surface area contributed by atoms with Crippen LogP contribution in [0.2, 0.25) is 5.02 Å². The molecule has 2 N–H and O–H groups in total. The lowest BCUT2D eigenvalue weighted by Gasteiger charge is -2.04. The smallest absolute Gasteiger partial charge is 0.290 e. The molecular formula is C11H10ClN3O. The van der Waals surface area contributed by atoms with Crippen molar-refractivity contribution in [1.82, 2.24) is 9.78 Å². The maximum absolute atomic E-state index is 11.6. The van der Waals surface area contributed by atoms with Gasteiger partial charge in [0.15, 0.2) is 0 Å². The van der Waals surface area contributed by atoms with Crippen LogP contribution >= 0.6 is 11.6 Å². The molecule has 5 heteroatoms. The van der Waals surface area contributed by atoms with Crippen LogP contribution in [0, 0.1) is 0 Å². The van der Waals surface area contributed by atoms with Gasteiger partial charge in [-0.3, -0.25) is 4.79 Å². The Balaban J connectivity index is 2.31. The van der Waals surface area contributed by atoms with Gasteiger partial charge in [-0.1, -0.05) is 23.7 Å². The summed E-state index contributed by atoms with van der Waals surface area (Å²) in [5, 5.41) is 4.61. The van der Waals surface area contributed by atoms with Gasteiger partial charge in [0.25, 0.3) is 5.56 Å². The summed E-state index contributed by atoms with van der Waals surface area (Å²) in [4.78, 5) is 11.6. The van der Waals surface area contributed by atoms with Crippen molar-refractivity contribution in [3.05, 3.63) is 57.5 Å². The molecule has 1 aromatic carbocycles. The van der Waals surface area contributed by atoms with Gasteiger partial charge in [0.2, 0.25) is 0 Å². The third kappa shape index (κ3) is 2.23. The second-order valence-corrected chi connectivity index (χ2v) is 3.81. The minimum Gasteiger partial charge on any atom is -0.394 e. The molecule has 0 radical (unpaired) electrons. The third-order valence-electron chi connectivity index (χ3n) is 2.19. The molecule has 0 spiro atoms. The topological polar surface area (TPSA) is 60.9 Å². The Labute approximate surface area is 97.3 Å². The molecule has 0 saturated heterocycles. The van der Waals surface area contributed by atoms with E-state index in [9.17, 15) is 4.79 Å². The van der Waals surface area contributed by atoms with Gasteiger partial charge >= 0.3 is 0 Å². The van der Waals surface area contributed by atoms with E-state index in [1.165, 1.54) is 16.9 Å². The quantitative estimate of drug-likeness (QED) is 0.859. The van der Waals surface area contributed by atoms with E-state index in [4.69, 9.17) is 17.3 Å². The van der Waals surface area contributed by atoms with Crippen LogP contribution in [0.25, 0.3) is 0 Å². The van der Waals surface area contributed by atoms with E-state index in [1.54, 1.807) is 12.1 Å². The van der Waals surface area contributed by atoms with Gasteiger partial charge in [-0.15, -0.1) is 0 Å². The molecule has 16 heavy (non-hydrogen) atoms. The Bertz CT molecular complexity index is 548. The van der Waals surface area contributed by atoms with Crippen LogP contribution in [-0.2, 0) is 6.54 Å². The molecule has 1 aromatic heterocycles. The normalized spacial score (nSPS) is 10.3. The fraction of sp³-hybridized carbons (Fsp3) is 0.0909. The lowest BCUT2D eigenvalue weighted by Crippen LogP contribution is -2.25. The van der Waals surface area contributed by atoms with Crippen molar-refractivity contribution in [2.24, 2.45) is 0 Å². The highest BCUT2D eigenvalue weighted by Gasteiger charge is 2.01. The summed E-state index contributed by atoms with van der Waals surface area (Å²) in [5.74, 6) is 0. The van der Waals surface area contributed by atoms with Gasteiger partial charge in [-0.2, -0.15) is 5.10 Å². The standard InChI is InChI=1S/C11H10ClN3O/c12-9-3-1-8(2-4-9)7-15-11(16)10(13)5-6-14-15/h1-6H,7,13H2. The molecular weight excluding hydrogens is 226 g/mol. The molecule has 0 aliphatic rings. The summed E-state index contributed by atoms with van der Waals surface area (Å²) in [7, 11) is 0. The number of hydrogen-bond acceptors (Lipinski definition) is 3. The van der Waals surface area contributed by atoms with Crippen LogP contribution in [0.3, 0.4) is 0 Å². The number of nitrogens with zero attached hydrogens (tertiary/aromatic N) is 2. The number of aromatic nitrogens is 2. The van der Waals surface area contributed by atoms with E-state index in [1.807, 2.05) is 12.1 Å². The SMILES string of the molecule is Nc1ccnn(Cc2ccc(Cl)cc2)c1=O. The van der Waals surface area contributed by atoms with Crippen LogP contribution in [0.5, 0.6) is 0 Å². The van der Waals surface area contributed by atoms with Crippen molar-refractivity contribution in [3.63, 3.8) is 0 Å². The van der Waals surface area contributed by atoms with E-state index < -0.39 is 0 Å². The molecule has 2 rings (SSSR count). The Hall–Kier alpha value is -1.81. The molecule has 0 fully saturated rings.